The van der Waals surface area contributed by atoms with Gasteiger partial charge < -0.3 is 20.9 Å². The second-order valence-electron chi connectivity index (χ2n) is 5.89. The number of hydrogen-bond donors (Lipinski definition) is 3. The van der Waals surface area contributed by atoms with Crippen LogP contribution in [0.4, 0.5) is 30.2 Å². The fourth-order valence-electron chi connectivity index (χ4n) is 2.58. The van der Waals surface area contributed by atoms with E-state index in [0.717, 1.165) is 5.56 Å². The van der Waals surface area contributed by atoms with E-state index in [2.05, 4.69) is 10.1 Å². The minimum atomic E-state index is -4.74. The molecule has 3 aromatic carbocycles. The van der Waals surface area contributed by atoms with E-state index in [1.165, 1.54) is 42.5 Å². The van der Waals surface area contributed by atoms with Gasteiger partial charge in [0.05, 0.1) is 16.9 Å². The Morgan fingerprint density at radius 3 is 2.32 bits per heavy atom. The molecule has 3 aromatic rings. The van der Waals surface area contributed by atoms with Gasteiger partial charge in [-0.1, -0.05) is 24.3 Å². The van der Waals surface area contributed by atoms with Crippen LogP contribution in [-0.2, 0) is 0 Å². The SMILES string of the molecule is Nc1ccc(C(=O)O)cc1Nc1cccc(-c2ccc(OC(F)(F)F)cc2)c1. The van der Waals surface area contributed by atoms with E-state index in [1.807, 2.05) is 0 Å². The highest BCUT2D eigenvalue weighted by Crippen LogP contribution is 2.30. The van der Waals surface area contributed by atoms with Gasteiger partial charge in [0, 0.05) is 5.69 Å². The number of carbonyl (C=O) groups is 1. The van der Waals surface area contributed by atoms with Gasteiger partial charge in [0.25, 0.3) is 0 Å². The smallest absolute Gasteiger partial charge is 0.478 e. The first kappa shape index (κ1) is 19.1. The lowest BCUT2D eigenvalue weighted by Crippen LogP contribution is -2.16. The van der Waals surface area contributed by atoms with E-state index in [9.17, 15) is 18.0 Å². The van der Waals surface area contributed by atoms with E-state index < -0.39 is 12.3 Å². The van der Waals surface area contributed by atoms with Crippen LogP contribution in [0.15, 0.2) is 66.7 Å². The number of benzene rings is 3. The molecular formula is C20H15F3N2O3. The van der Waals surface area contributed by atoms with Crippen LogP contribution in [0, 0.1) is 0 Å². The van der Waals surface area contributed by atoms with Gasteiger partial charge in [0.15, 0.2) is 0 Å². The van der Waals surface area contributed by atoms with Crippen LogP contribution < -0.4 is 15.8 Å². The number of nitrogens with one attached hydrogen (secondary N) is 1. The molecule has 0 atom stereocenters. The quantitative estimate of drug-likeness (QED) is 0.518. The minimum Gasteiger partial charge on any atom is -0.478 e. The standard InChI is InChI=1S/C20H15F3N2O3/c21-20(22,23)28-16-7-4-12(5-8-16)13-2-1-3-15(10-13)25-18-11-14(19(26)27)6-9-17(18)24/h1-11,25H,24H2,(H,26,27). The molecule has 0 amide bonds. The van der Waals surface area contributed by atoms with Crippen molar-refractivity contribution in [3.63, 3.8) is 0 Å². The van der Waals surface area contributed by atoms with Gasteiger partial charge in [-0.2, -0.15) is 0 Å². The number of aromatic carboxylic acids is 1. The molecule has 0 heterocycles. The van der Waals surface area contributed by atoms with Gasteiger partial charge in [-0.15, -0.1) is 13.2 Å². The monoisotopic (exact) mass is 388 g/mol. The Kier molecular flexibility index (Phi) is 5.12. The summed E-state index contributed by atoms with van der Waals surface area (Å²) in [5.74, 6) is -1.37. The average Bonchev–Trinajstić information content (AvgIpc) is 2.63. The van der Waals surface area contributed by atoms with Crippen LogP contribution in [0.2, 0.25) is 0 Å². The number of carboxylic acids is 1. The molecule has 0 aliphatic carbocycles. The molecule has 0 aliphatic heterocycles. The molecule has 8 heteroatoms. The van der Waals surface area contributed by atoms with Crippen LogP contribution in [-0.4, -0.2) is 17.4 Å². The van der Waals surface area contributed by atoms with Gasteiger partial charge in [0.2, 0.25) is 0 Å². The molecule has 0 saturated carbocycles. The predicted molar refractivity (Wildman–Crippen MR) is 99.7 cm³/mol. The molecule has 4 N–H and O–H groups in total. The Labute approximate surface area is 158 Å². The first-order chi connectivity index (χ1) is 13.2. The third kappa shape index (κ3) is 4.73. The van der Waals surface area contributed by atoms with E-state index in [-0.39, 0.29) is 11.3 Å². The topological polar surface area (TPSA) is 84.6 Å². The second kappa shape index (κ2) is 7.51. The zero-order valence-corrected chi connectivity index (χ0v) is 14.3. The summed E-state index contributed by atoms with van der Waals surface area (Å²) < 4.78 is 40.6. The number of rotatable bonds is 5. The summed E-state index contributed by atoms with van der Waals surface area (Å²) in [4.78, 5) is 11.1. The maximum absolute atomic E-state index is 12.3. The fourth-order valence-corrected chi connectivity index (χ4v) is 2.58. The molecule has 28 heavy (non-hydrogen) atoms. The number of ether oxygens (including phenoxy) is 1. The normalized spacial score (nSPS) is 11.1. The molecule has 0 aromatic heterocycles. The predicted octanol–water partition coefficient (Wildman–Crippen LogP) is 5.28. The van der Waals surface area contributed by atoms with Gasteiger partial charge in [0.1, 0.15) is 5.75 Å². The van der Waals surface area contributed by atoms with Crippen LogP contribution in [0.25, 0.3) is 11.1 Å². The van der Waals surface area contributed by atoms with Crippen LogP contribution in [0.1, 0.15) is 10.4 Å². The summed E-state index contributed by atoms with van der Waals surface area (Å²) in [5, 5.41) is 12.2. The van der Waals surface area contributed by atoms with E-state index >= 15 is 0 Å². The van der Waals surface area contributed by atoms with Crippen LogP contribution in [0.5, 0.6) is 5.75 Å². The van der Waals surface area contributed by atoms with Crippen molar-refractivity contribution < 1.29 is 27.8 Å². The molecule has 0 fully saturated rings. The summed E-state index contributed by atoms with van der Waals surface area (Å²) in [7, 11) is 0. The van der Waals surface area contributed by atoms with Crippen molar-refractivity contribution in [2.24, 2.45) is 0 Å². The third-order valence-electron chi connectivity index (χ3n) is 3.86. The first-order valence-electron chi connectivity index (χ1n) is 8.07. The van der Waals surface area contributed by atoms with Gasteiger partial charge in [-0.05, 0) is 53.6 Å². The second-order valence-corrected chi connectivity index (χ2v) is 5.89. The minimum absolute atomic E-state index is 0.0908. The Morgan fingerprint density at radius 1 is 0.964 bits per heavy atom. The zero-order valence-electron chi connectivity index (χ0n) is 14.3. The lowest BCUT2D eigenvalue weighted by molar-refractivity contribution is -0.274. The molecule has 3 rings (SSSR count). The Hall–Kier alpha value is -3.68. The average molecular weight is 388 g/mol. The van der Waals surface area contributed by atoms with Gasteiger partial charge >= 0.3 is 12.3 Å². The first-order valence-corrected chi connectivity index (χ1v) is 8.07. The number of hydrogen-bond acceptors (Lipinski definition) is 4. The van der Waals surface area contributed by atoms with Crippen molar-refractivity contribution in [2.45, 2.75) is 6.36 Å². The van der Waals surface area contributed by atoms with Crippen molar-refractivity contribution in [1.29, 1.82) is 0 Å². The Balaban J connectivity index is 1.83. The maximum atomic E-state index is 12.3. The number of nitrogens with two attached hydrogens (primary N) is 1. The lowest BCUT2D eigenvalue weighted by atomic mass is 10.0. The molecule has 0 unspecified atom stereocenters. The van der Waals surface area contributed by atoms with Crippen molar-refractivity contribution in [3.05, 3.63) is 72.3 Å². The van der Waals surface area contributed by atoms with E-state index in [1.54, 1.807) is 24.3 Å². The number of anilines is 3. The highest BCUT2D eigenvalue weighted by molar-refractivity contribution is 5.91. The molecular weight excluding hydrogens is 373 g/mol. The maximum Gasteiger partial charge on any atom is 0.573 e. The number of halogens is 3. The van der Waals surface area contributed by atoms with Crippen molar-refractivity contribution >= 4 is 23.0 Å². The van der Waals surface area contributed by atoms with E-state index in [4.69, 9.17) is 10.8 Å². The van der Waals surface area contributed by atoms with E-state index in [0.29, 0.717) is 22.6 Å². The van der Waals surface area contributed by atoms with Crippen molar-refractivity contribution in [1.82, 2.24) is 0 Å². The molecule has 0 saturated heterocycles. The van der Waals surface area contributed by atoms with Crippen LogP contribution >= 0.6 is 0 Å². The molecule has 5 nitrogen and oxygen atoms in total. The lowest BCUT2D eigenvalue weighted by Gasteiger charge is -2.12. The molecule has 0 aliphatic rings. The summed E-state index contributed by atoms with van der Waals surface area (Å²) in [6.07, 6.45) is -4.74. The van der Waals surface area contributed by atoms with Gasteiger partial charge in [-0.25, -0.2) is 4.79 Å². The highest BCUT2D eigenvalue weighted by atomic mass is 19.4. The summed E-state index contributed by atoms with van der Waals surface area (Å²) in [5.41, 5.74) is 8.87. The summed E-state index contributed by atoms with van der Waals surface area (Å²) in [6, 6.07) is 16.9. The van der Waals surface area contributed by atoms with Gasteiger partial charge in [-0.3, -0.25) is 0 Å². The molecule has 144 valence electrons. The number of nitrogen functional groups attached to an aromatic ring is 1. The number of alkyl halides is 3. The molecule has 0 radical (unpaired) electrons. The van der Waals surface area contributed by atoms with Crippen molar-refractivity contribution in [2.75, 3.05) is 11.1 Å². The summed E-state index contributed by atoms with van der Waals surface area (Å²) in [6.45, 7) is 0. The third-order valence-corrected chi connectivity index (χ3v) is 3.86. The Bertz CT molecular complexity index is 1000. The highest BCUT2D eigenvalue weighted by Gasteiger charge is 2.30. The van der Waals surface area contributed by atoms with Crippen LogP contribution in [0.3, 0.4) is 0 Å². The molecule has 0 spiro atoms. The summed E-state index contributed by atoms with van der Waals surface area (Å²) >= 11 is 0. The molecule has 0 bridgehead atoms. The Morgan fingerprint density at radius 2 is 1.68 bits per heavy atom. The largest absolute Gasteiger partial charge is 0.573 e. The van der Waals surface area contributed by atoms with Crippen molar-refractivity contribution in [3.8, 4) is 16.9 Å². The fraction of sp³-hybridized carbons (Fsp3) is 0.0500. The number of carboxylic acid groups (broad SMARTS) is 1. The zero-order chi connectivity index (χ0) is 20.3.